The molecule has 4 nitrogen and oxygen atoms in total. The molecule has 3 rings (SSSR count). The Balaban J connectivity index is 0.00000243. The van der Waals surface area contributed by atoms with Crippen LogP contribution in [-0.2, 0) is 9.59 Å². The second-order valence-electron chi connectivity index (χ2n) is 7.46. The summed E-state index contributed by atoms with van der Waals surface area (Å²) >= 11 is 0. The first-order valence-electron chi connectivity index (χ1n) is 9.74. The fraction of sp³-hybridized carbons (Fsp3) is 0.619. The normalized spacial score (nSPS) is 30.3. The van der Waals surface area contributed by atoms with Crippen LogP contribution in [0.4, 0.5) is 0 Å². The Morgan fingerprint density at radius 1 is 1.35 bits per heavy atom. The lowest BCUT2D eigenvalue weighted by Crippen LogP contribution is -2.44. The summed E-state index contributed by atoms with van der Waals surface area (Å²) < 4.78 is 0. The van der Waals surface area contributed by atoms with Gasteiger partial charge in [-0.1, -0.05) is 31.2 Å². The van der Waals surface area contributed by atoms with E-state index < -0.39 is 0 Å². The van der Waals surface area contributed by atoms with Crippen molar-refractivity contribution in [1.82, 2.24) is 10.2 Å². The summed E-state index contributed by atoms with van der Waals surface area (Å²) in [7, 11) is 0. The Kier molecular flexibility index (Phi) is 7.95. The molecule has 5 heteroatoms. The van der Waals surface area contributed by atoms with E-state index in [-0.39, 0.29) is 18.3 Å². The Morgan fingerprint density at radius 2 is 2.19 bits per heavy atom. The van der Waals surface area contributed by atoms with Crippen molar-refractivity contribution in [2.24, 2.45) is 23.7 Å². The highest BCUT2D eigenvalue weighted by Crippen LogP contribution is 2.38. The van der Waals surface area contributed by atoms with Crippen LogP contribution >= 0.6 is 12.4 Å². The molecule has 0 radical (unpaired) electrons. The number of aldehydes is 1. The molecule has 0 bridgehead atoms. The molecule has 0 spiro atoms. The van der Waals surface area contributed by atoms with Crippen molar-refractivity contribution in [2.75, 3.05) is 19.6 Å². The summed E-state index contributed by atoms with van der Waals surface area (Å²) in [6, 6.07) is 0. The molecular formula is C21H31ClN2O2. The fourth-order valence-corrected chi connectivity index (χ4v) is 4.47. The molecule has 144 valence electrons. The summed E-state index contributed by atoms with van der Waals surface area (Å²) in [6.07, 6.45) is 16.7. The first kappa shape index (κ1) is 20.8. The van der Waals surface area contributed by atoms with Gasteiger partial charge in [0.2, 0.25) is 5.91 Å². The Bertz CT molecular complexity index is 585. The highest BCUT2D eigenvalue weighted by atomic mass is 35.5. The number of hydrogen-bond donors (Lipinski definition) is 1. The van der Waals surface area contributed by atoms with E-state index >= 15 is 0 Å². The minimum absolute atomic E-state index is 0. The maximum atomic E-state index is 12.2. The molecule has 4 atom stereocenters. The highest BCUT2D eigenvalue weighted by molar-refractivity contribution is 5.85. The standard InChI is InChI=1S/C21H30N2O2.ClH/c1-2-21(25)23-12-9-17(4-3-13-24)20(15-23)19-6-5-16-7-10-22-11-8-18(16)14-19;/h5-6,8,11,13-14,16-18,20,22H,2-4,7,9-10,12,15H2,1H3;1H. The van der Waals surface area contributed by atoms with Crippen LogP contribution in [0.5, 0.6) is 0 Å². The first-order chi connectivity index (χ1) is 12.2. The summed E-state index contributed by atoms with van der Waals surface area (Å²) in [5, 5.41) is 3.33. The van der Waals surface area contributed by atoms with Crippen molar-refractivity contribution in [3.05, 3.63) is 36.1 Å². The Hall–Kier alpha value is -1.55. The molecule has 2 heterocycles. The van der Waals surface area contributed by atoms with Crippen LogP contribution in [0.25, 0.3) is 0 Å². The minimum Gasteiger partial charge on any atom is -0.391 e. The molecule has 0 aromatic heterocycles. The van der Waals surface area contributed by atoms with Gasteiger partial charge in [0.25, 0.3) is 0 Å². The van der Waals surface area contributed by atoms with Gasteiger partial charge >= 0.3 is 0 Å². The van der Waals surface area contributed by atoms with Gasteiger partial charge in [0.05, 0.1) is 0 Å². The molecule has 0 saturated carbocycles. The molecule has 1 fully saturated rings. The van der Waals surface area contributed by atoms with E-state index in [1.54, 1.807) is 0 Å². The molecule has 26 heavy (non-hydrogen) atoms. The number of nitrogens with zero attached hydrogens (tertiary/aromatic N) is 1. The van der Waals surface area contributed by atoms with Crippen LogP contribution < -0.4 is 5.32 Å². The van der Waals surface area contributed by atoms with Crippen LogP contribution in [0.2, 0.25) is 0 Å². The molecule has 0 aromatic carbocycles. The zero-order valence-corrected chi connectivity index (χ0v) is 16.4. The van der Waals surface area contributed by atoms with E-state index in [0.29, 0.717) is 36.5 Å². The van der Waals surface area contributed by atoms with Crippen LogP contribution in [-0.4, -0.2) is 36.7 Å². The lowest BCUT2D eigenvalue weighted by molar-refractivity contribution is -0.133. The first-order valence-corrected chi connectivity index (χ1v) is 9.74. The van der Waals surface area contributed by atoms with Gasteiger partial charge in [0, 0.05) is 44.3 Å². The van der Waals surface area contributed by atoms with E-state index in [9.17, 15) is 9.59 Å². The summed E-state index contributed by atoms with van der Waals surface area (Å²) in [6.45, 7) is 4.59. The van der Waals surface area contributed by atoms with Gasteiger partial charge in [-0.15, -0.1) is 12.4 Å². The smallest absolute Gasteiger partial charge is 0.222 e. The van der Waals surface area contributed by atoms with Gasteiger partial charge < -0.3 is 15.0 Å². The molecular weight excluding hydrogens is 348 g/mol. The minimum atomic E-state index is 0. The van der Waals surface area contributed by atoms with E-state index in [2.05, 4.69) is 35.8 Å². The number of nitrogens with one attached hydrogen (secondary N) is 1. The zero-order valence-electron chi connectivity index (χ0n) is 15.6. The maximum absolute atomic E-state index is 12.2. The summed E-state index contributed by atoms with van der Waals surface area (Å²) in [4.78, 5) is 25.1. The van der Waals surface area contributed by atoms with Gasteiger partial charge in [-0.25, -0.2) is 0 Å². The Labute approximate surface area is 163 Å². The second kappa shape index (κ2) is 9.96. The number of likely N-dealkylation sites (tertiary alicyclic amines) is 1. The van der Waals surface area contributed by atoms with E-state index in [1.165, 1.54) is 5.57 Å². The molecule has 1 saturated heterocycles. The average Bonchev–Trinajstić information content (AvgIpc) is 2.90. The molecule has 2 aliphatic heterocycles. The third kappa shape index (κ3) is 4.79. The SMILES string of the molecule is CCC(=O)N1CCC(CCC=O)C(C2=CC3C=CNCCC3C=C2)C1.Cl. The molecule has 0 aromatic rings. The van der Waals surface area contributed by atoms with Gasteiger partial charge in [-0.2, -0.15) is 0 Å². The molecule has 1 N–H and O–H groups in total. The topological polar surface area (TPSA) is 49.4 Å². The number of amides is 1. The number of hydrogen-bond acceptors (Lipinski definition) is 3. The van der Waals surface area contributed by atoms with Crippen molar-refractivity contribution in [2.45, 2.75) is 39.0 Å². The number of piperidine rings is 1. The lowest BCUT2D eigenvalue weighted by Gasteiger charge is -2.40. The number of carbonyl (C=O) groups excluding carboxylic acids is 2. The van der Waals surface area contributed by atoms with Gasteiger partial charge in [-0.3, -0.25) is 4.79 Å². The van der Waals surface area contributed by atoms with E-state index in [1.807, 2.05) is 11.8 Å². The van der Waals surface area contributed by atoms with Gasteiger partial charge in [0.1, 0.15) is 6.29 Å². The largest absolute Gasteiger partial charge is 0.391 e. The predicted molar refractivity (Wildman–Crippen MR) is 107 cm³/mol. The number of halogens is 1. The third-order valence-corrected chi connectivity index (χ3v) is 5.97. The monoisotopic (exact) mass is 378 g/mol. The van der Waals surface area contributed by atoms with Gasteiger partial charge in [-0.05, 0) is 42.9 Å². The van der Waals surface area contributed by atoms with Crippen molar-refractivity contribution < 1.29 is 9.59 Å². The highest BCUT2D eigenvalue weighted by Gasteiger charge is 2.34. The maximum Gasteiger partial charge on any atom is 0.222 e. The van der Waals surface area contributed by atoms with E-state index in [4.69, 9.17) is 0 Å². The third-order valence-electron chi connectivity index (χ3n) is 5.97. The van der Waals surface area contributed by atoms with Crippen molar-refractivity contribution in [3.63, 3.8) is 0 Å². The van der Waals surface area contributed by atoms with Crippen LogP contribution in [0.15, 0.2) is 36.1 Å². The number of allylic oxidation sites excluding steroid dienone is 4. The summed E-state index contributed by atoms with van der Waals surface area (Å²) in [5.41, 5.74) is 1.36. The molecule has 4 unspecified atom stereocenters. The number of fused-ring (bicyclic) bond motifs is 1. The van der Waals surface area contributed by atoms with Crippen molar-refractivity contribution >= 4 is 24.6 Å². The second-order valence-corrected chi connectivity index (χ2v) is 7.46. The zero-order chi connectivity index (χ0) is 17.6. The van der Waals surface area contributed by atoms with Crippen molar-refractivity contribution in [1.29, 1.82) is 0 Å². The average molecular weight is 379 g/mol. The van der Waals surface area contributed by atoms with Crippen LogP contribution in [0, 0.1) is 23.7 Å². The predicted octanol–water partition coefficient (Wildman–Crippen LogP) is 3.50. The van der Waals surface area contributed by atoms with Gasteiger partial charge in [0.15, 0.2) is 0 Å². The van der Waals surface area contributed by atoms with Crippen molar-refractivity contribution in [3.8, 4) is 0 Å². The summed E-state index contributed by atoms with van der Waals surface area (Å²) in [5.74, 6) is 2.10. The number of rotatable bonds is 5. The van der Waals surface area contributed by atoms with Crippen LogP contribution in [0.1, 0.15) is 39.0 Å². The van der Waals surface area contributed by atoms with E-state index in [0.717, 1.165) is 45.2 Å². The Morgan fingerprint density at radius 3 is 2.96 bits per heavy atom. The quantitative estimate of drug-likeness (QED) is 0.745. The molecule has 3 aliphatic rings. The lowest BCUT2D eigenvalue weighted by atomic mass is 9.73. The van der Waals surface area contributed by atoms with Crippen LogP contribution in [0.3, 0.4) is 0 Å². The molecule has 1 amide bonds. The number of carbonyl (C=O) groups is 2. The molecule has 1 aliphatic carbocycles. The fourth-order valence-electron chi connectivity index (χ4n) is 4.47.